The van der Waals surface area contributed by atoms with Gasteiger partial charge >= 0.3 is 0 Å². The molecule has 0 radical (unpaired) electrons. The molecule has 1 heterocycles. The third-order valence-electron chi connectivity index (χ3n) is 3.73. The maximum absolute atomic E-state index is 6.48. The number of aromatic nitrogens is 1. The Balaban J connectivity index is 2.13. The zero-order valence-electron chi connectivity index (χ0n) is 12.7. The Morgan fingerprint density at radius 2 is 2.04 bits per heavy atom. The van der Waals surface area contributed by atoms with E-state index in [-0.39, 0.29) is 0 Å². The van der Waals surface area contributed by atoms with Crippen LogP contribution in [-0.2, 0) is 13.0 Å². The summed E-state index contributed by atoms with van der Waals surface area (Å²) in [6.07, 6.45) is 0.761. The summed E-state index contributed by atoms with van der Waals surface area (Å²) >= 11 is 12.4. The number of thiol groups is 1. The lowest BCUT2D eigenvalue weighted by Crippen LogP contribution is -2.01. The molecule has 0 aliphatic heterocycles. The van der Waals surface area contributed by atoms with Gasteiger partial charge in [-0.2, -0.15) is 0 Å². The number of rotatable bonds is 4. The van der Waals surface area contributed by atoms with E-state index in [0.29, 0.717) is 6.54 Å². The minimum atomic E-state index is 0.460. The van der Waals surface area contributed by atoms with E-state index in [2.05, 4.69) is 42.7 Å². The van der Waals surface area contributed by atoms with E-state index in [9.17, 15) is 0 Å². The minimum absolute atomic E-state index is 0.460. The van der Waals surface area contributed by atoms with Gasteiger partial charge in [-0.1, -0.05) is 47.5 Å². The summed E-state index contributed by atoms with van der Waals surface area (Å²) in [6, 6.07) is 12.3. The Hall–Kier alpha value is -1.33. The zero-order chi connectivity index (χ0) is 16.4. The van der Waals surface area contributed by atoms with Crippen molar-refractivity contribution in [3.8, 4) is 11.1 Å². The van der Waals surface area contributed by atoms with Crippen LogP contribution < -0.4 is 5.73 Å². The quantitative estimate of drug-likeness (QED) is 0.634. The summed E-state index contributed by atoms with van der Waals surface area (Å²) in [6.45, 7) is 2.55. The van der Waals surface area contributed by atoms with Gasteiger partial charge in [-0.25, -0.2) is 4.98 Å². The number of hydrogen-bond acceptors (Lipinski definition) is 4. The summed E-state index contributed by atoms with van der Waals surface area (Å²) in [7, 11) is 0. The summed E-state index contributed by atoms with van der Waals surface area (Å²) in [5.74, 6) is 0. The van der Waals surface area contributed by atoms with Gasteiger partial charge < -0.3 is 5.73 Å². The van der Waals surface area contributed by atoms with Gasteiger partial charge in [-0.3, -0.25) is 0 Å². The monoisotopic (exact) mass is 360 g/mol. The molecule has 3 rings (SSSR count). The number of halogens is 1. The molecular weight excluding hydrogens is 344 g/mol. The van der Waals surface area contributed by atoms with Crippen molar-refractivity contribution in [1.82, 2.24) is 4.98 Å². The summed E-state index contributed by atoms with van der Waals surface area (Å²) in [4.78, 5) is 4.46. The van der Waals surface area contributed by atoms with Crippen LogP contribution in [0.15, 0.2) is 46.8 Å². The molecule has 23 heavy (non-hydrogen) atoms. The van der Waals surface area contributed by atoms with E-state index < -0.39 is 0 Å². The third kappa shape index (κ3) is 3.61. The Morgan fingerprint density at radius 3 is 2.74 bits per heavy atom. The fraction of sp³-hybridized carbons (Fsp3) is 0.167. The van der Waals surface area contributed by atoms with Crippen LogP contribution in [0.5, 0.6) is 0 Å². The number of benzene rings is 2. The first-order valence-corrected chi connectivity index (χ1v) is 8.99. The number of aryl methyl sites for hydroxylation is 1. The van der Waals surface area contributed by atoms with Crippen LogP contribution in [0.4, 0.5) is 0 Å². The van der Waals surface area contributed by atoms with Crippen LogP contribution in [0, 0.1) is 6.92 Å². The molecule has 2 N–H and O–H groups in total. The van der Waals surface area contributed by atoms with Crippen molar-refractivity contribution in [2.75, 3.05) is 0 Å². The molecule has 0 bridgehead atoms. The van der Waals surface area contributed by atoms with Crippen LogP contribution in [0.3, 0.4) is 0 Å². The summed E-state index contributed by atoms with van der Waals surface area (Å²) in [5.41, 5.74) is 11.5. The number of nitrogens with two attached hydrogens (primary N) is 1. The predicted molar refractivity (Wildman–Crippen MR) is 102 cm³/mol. The Labute approximate surface area is 150 Å². The Bertz CT molecular complexity index is 843. The van der Waals surface area contributed by atoms with E-state index in [4.69, 9.17) is 17.3 Å². The maximum Gasteiger partial charge on any atom is 0.104 e. The van der Waals surface area contributed by atoms with E-state index >= 15 is 0 Å². The predicted octanol–water partition coefficient (Wildman–Crippen LogP) is 5.11. The highest BCUT2D eigenvalue weighted by molar-refractivity contribution is 7.80. The average Bonchev–Trinajstić information content (AvgIpc) is 2.93. The highest BCUT2D eigenvalue weighted by Gasteiger charge is 2.14. The molecular formula is C18H17ClN2S2. The molecule has 0 fully saturated rings. The molecule has 0 aliphatic carbocycles. The molecule has 0 aliphatic rings. The van der Waals surface area contributed by atoms with Gasteiger partial charge in [0.15, 0.2) is 0 Å². The lowest BCUT2D eigenvalue weighted by Gasteiger charge is -2.15. The molecule has 0 unspecified atom stereocenters. The second-order valence-electron chi connectivity index (χ2n) is 5.41. The van der Waals surface area contributed by atoms with E-state index in [1.165, 1.54) is 11.1 Å². The van der Waals surface area contributed by atoms with Gasteiger partial charge in [0, 0.05) is 28.9 Å². The van der Waals surface area contributed by atoms with Gasteiger partial charge in [0.2, 0.25) is 0 Å². The molecule has 2 aromatic carbocycles. The van der Waals surface area contributed by atoms with Crippen LogP contribution in [0.25, 0.3) is 11.1 Å². The Morgan fingerprint density at radius 1 is 1.22 bits per heavy atom. The average molecular weight is 361 g/mol. The van der Waals surface area contributed by atoms with Crippen molar-refractivity contribution in [3.05, 3.63) is 68.5 Å². The molecule has 5 heteroatoms. The number of thiazole rings is 1. The highest BCUT2D eigenvalue weighted by atomic mass is 35.5. The molecule has 118 valence electrons. The Kier molecular flexibility index (Phi) is 5.07. The maximum atomic E-state index is 6.48. The van der Waals surface area contributed by atoms with Crippen molar-refractivity contribution in [3.63, 3.8) is 0 Å². The second kappa shape index (κ2) is 7.05. The SMILES string of the molecule is Cc1ccc(-c2c(Cl)cccc2CN)c(Cc2nc(S)cs2)c1. The first kappa shape index (κ1) is 16.5. The van der Waals surface area contributed by atoms with Gasteiger partial charge in [-0.05, 0) is 29.7 Å². The van der Waals surface area contributed by atoms with E-state index in [0.717, 1.165) is 38.2 Å². The molecule has 1 aromatic heterocycles. The number of hydrogen-bond donors (Lipinski definition) is 2. The summed E-state index contributed by atoms with van der Waals surface area (Å²) < 4.78 is 0. The molecule has 0 amide bonds. The molecule has 2 nitrogen and oxygen atoms in total. The van der Waals surface area contributed by atoms with E-state index in [1.807, 2.05) is 23.6 Å². The smallest absolute Gasteiger partial charge is 0.104 e. The highest BCUT2D eigenvalue weighted by Crippen LogP contribution is 2.35. The van der Waals surface area contributed by atoms with Crippen molar-refractivity contribution < 1.29 is 0 Å². The zero-order valence-corrected chi connectivity index (χ0v) is 15.2. The normalized spacial score (nSPS) is 11.0. The van der Waals surface area contributed by atoms with Gasteiger partial charge in [0.05, 0.1) is 5.01 Å². The molecule has 0 saturated heterocycles. The van der Waals surface area contributed by atoms with Gasteiger partial charge in [0.25, 0.3) is 0 Å². The van der Waals surface area contributed by atoms with Crippen LogP contribution in [-0.4, -0.2) is 4.98 Å². The fourth-order valence-electron chi connectivity index (χ4n) is 2.70. The largest absolute Gasteiger partial charge is 0.326 e. The van der Waals surface area contributed by atoms with Crippen molar-refractivity contribution in [2.24, 2.45) is 5.73 Å². The second-order valence-corrected chi connectivity index (χ2v) is 7.22. The van der Waals surface area contributed by atoms with Crippen molar-refractivity contribution >= 4 is 35.6 Å². The van der Waals surface area contributed by atoms with Crippen LogP contribution in [0.1, 0.15) is 21.7 Å². The standard InChI is InChI=1S/C18H17ClN2S2/c1-11-5-6-14(18-12(9-20)3-2-4-15(18)19)13(7-11)8-17-21-16(22)10-23-17/h2-7,10,22H,8-9,20H2,1H3. The van der Waals surface area contributed by atoms with Gasteiger partial charge in [-0.15, -0.1) is 24.0 Å². The molecule has 3 aromatic rings. The summed E-state index contributed by atoms with van der Waals surface area (Å²) in [5, 5.41) is 4.49. The molecule has 0 atom stereocenters. The number of nitrogens with zero attached hydrogens (tertiary/aromatic N) is 1. The first-order chi connectivity index (χ1) is 11.1. The van der Waals surface area contributed by atoms with Crippen molar-refractivity contribution in [2.45, 2.75) is 24.9 Å². The van der Waals surface area contributed by atoms with Crippen molar-refractivity contribution in [1.29, 1.82) is 0 Å². The lowest BCUT2D eigenvalue weighted by molar-refractivity contribution is 1.06. The lowest BCUT2D eigenvalue weighted by atomic mass is 9.92. The topological polar surface area (TPSA) is 38.9 Å². The fourth-order valence-corrected chi connectivity index (χ4v) is 4.02. The van der Waals surface area contributed by atoms with Crippen LogP contribution >= 0.6 is 35.6 Å². The van der Waals surface area contributed by atoms with E-state index in [1.54, 1.807) is 11.3 Å². The molecule has 0 spiro atoms. The minimum Gasteiger partial charge on any atom is -0.326 e. The third-order valence-corrected chi connectivity index (χ3v) is 5.30. The molecule has 0 saturated carbocycles. The van der Waals surface area contributed by atoms with Gasteiger partial charge in [0.1, 0.15) is 5.03 Å². The van der Waals surface area contributed by atoms with Crippen LogP contribution in [0.2, 0.25) is 5.02 Å². The first-order valence-electron chi connectivity index (χ1n) is 7.29.